The van der Waals surface area contributed by atoms with Crippen LogP contribution in [0.25, 0.3) is 11.0 Å². The Bertz CT molecular complexity index is 1230. The molecule has 10 nitrogen and oxygen atoms in total. The van der Waals surface area contributed by atoms with Crippen molar-refractivity contribution in [3.63, 3.8) is 0 Å². The van der Waals surface area contributed by atoms with Crippen LogP contribution in [-0.4, -0.2) is 54.7 Å². The minimum absolute atomic E-state index is 0.164. The summed E-state index contributed by atoms with van der Waals surface area (Å²) >= 11 is 0. The first kappa shape index (κ1) is 22.3. The molecule has 3 aromatic rings. The average molecular weight is 449 g/mol. The highest BCUT2D eigenvalue weighted by Gasteiger charge is 2.31. The van der Waals surface area contributed by atoms with E-state index in [0.717, 1.165) is 17.6 Å². The zero-order valence-corrected chi connectivity index (χ0v) is 19.3. The molecule has 4 rings (SSSR count). The third-order valence-corrected chi connectivity index (χ3v) is 5.23. The number of nitriles is 1. The minimum Gasteiger partial charge on any atom is -0.472 e. The molecule has 0 aromatic carbocycles. The van der Waals surface area contributed by atoms with E-state index in [1.165, 1.54) is 0 Å². The summed E-state index contributed by atoms with van der Waals surface area (Å²) < 4.78 is 8.02. The fourth-order valence-corrected chi connectivity index (χ4v) is 3.70. The zero-order chi connectivity index (χ0) is 23.6. The number of carbonyl (C=O) groups is 1. The van der Waals surface area contributed by atoms with Gasteiger partial charge in [-0.15, -0.1) is 0 Å². The van der Waals surface area contributed by atoms with E-state index < -0.39 is 0 Å². The molecule has 1 atom stereocenters. The molecule has 2 N–H and O–H groups in total. The molecule has 4 heterocycles. The number of aromatic amines is 1. The van der Waals surface area contributed by atoms with Crippen molar-refractivity contribution in [1.82, 2.24) is 29.6 Å². The van der Waals surface area contributed by atoms with E-state index in [9.17, 15) is 10.1 Å². The van der Waals surface area contributed by atoms with E-state index >= 15 is 0 Å². The summed E-state index contributed by atoms with van der Waals surface area (Å²) in [5.41, 5.74) is 1.34. The van der Waals surface area contributed by atoms with Gasteiger partial charge in [-0.2, -0.15) is 20.3 Å². The second-order valence-corrected chi connectivity index (χ2v) is 9.12. The Balaban J connectivity index is 1.50. The molecule has 1 saturated heterocycles. The number of carbonyl (C=O) groups excluding carboxylic acids is 1. The van der Waals surface area contributed by atoms with E-state index in [-0.39, 0.29) is 23.0 Å². The number of ether oxygens (including phenoxy) is 1. The van der Waals surface area contributed by atoms with E-state index in [0.29, 0.717) is 37.0 Å². The van der Waals surface area contributed by atoms with Crippen LogP contribution in [0.2, 0.25) is 0 Å². The maximum Gasteiger partial charge on any atom is 0.264 e. The van der Waals surface area contributed by atoms with Crippen molar-refractivity contribution >= 4 is 28.6 Å². The molecule has 0 saturated carbocycles. The Morgan fingerprint density at radius 2 is 2.24 bits per heavy atom. The fourth-order valence-electron chi connectivity index (χ4n) is 3.70. The molecule has 0 radical (unpaired) electrons. The Kier molecular flexibility index (Phi) is 6.05. The third-order valence-electron chi connectivity index (χ3n) is 5.23. The van der Waals surface area contributed by atoms with Crippen molar-refractivity contribution in [1.29, 1.82) is 5.26 Å². The summed E-state index contributed by atoms with van der Waals surface area (Å²) in [6.45, 7) is 9.58. The van der Waals surface area contributed by atoms with Gasteiger partial charge in [0, 0.05) is 31.9 Å². The van der Waals surface area contributed by atoms with Crippen LogP contribution >= 0.6 is 0 Å². The van der Waals surface area contributed by atoms with E-state index in [1.807, 2.05) is 46.0 Å². The summed E-state index contributed by atoms with van der Waals surface area (Å²) in [6, 6.07) is 3.91. The van der Waals surface area contributed by atoms with Gasteiger partial charge >= 0.3 is 0 Å². The second-order valence-electron chi connectivity index (χ2n) is 9.12. The topological polar surface area (TPSA) is 125 Å². The molecule has 172 valence electrons. The molecule has 33 heavy (non-hydrogen) atoms. The number of hydrogen-bond acceptors (Lipinski definition) is 7. The quantitative estimate of drug-likeness (QED) is 0.437. The number of rotatable bonds is 6. The Morgan fingerprint density at radius 3 is 2.94 bits per heavy atom. The van der Waals surface area contributed by atoms with E-state index in [4.69, 9.17) is 4.74 Å². The first-order valence-corrected chi connectivity index (χ1v) is 11.0. The van der Waals surface area contributed by atoms with Gasteiger partial charge in [0.15, 0.2) is 0 Å². The SMILES string of the molecule is CCn1cc(Nc2nc(O[C@@H]3CCN(C(=O)/C(C#N)=C/C(C)(C)C)C3)c3cc[nH]c3n2)cn1. The summed E-state index contributed by atoms with van der Waals surface area (Å²) in [6.07, 6.45) is 7.52. The van der Waals surface area contributed by atoms with Crippen LogP contribution in [0.4, 0.5) is 11.6 Å². The van der Waals surface area contributed by atoms with Crippen molar-refractivity contribution < 1.29 is 9.53 Å². The lowest BCUT2D eigenvalue weighted by atomic mass is 9.93. The molecule has 0 spiro atoms. The number of aromatic nitrogens is 5. The predicted octanol–water partition coefficient (Wildman–Crippen LogP) is 3.39. The lowest BCUT2D eigenvalue weighted by Gasteiger charge is -2.19. The second kappa shape index (κ2) is 8.94. The van der Waals surface area contributed by atoms with Crippen LogP contribution in [0.1, 0.15) is 34.1 Å². The number of hydrogen-bond donors (Lipinski definition) is 2. The van der Waals surface area contributed by atoms with E-state index in [1.54, 1.807) is 28.1 Å². The maximum atomic E-state index is 12.8. The highest BCUT2D eigenvalue weighted by Crippen LogP contribution is 2.28. The molecule has 1 fully saturated rings. The number of aryl methyl sites for hydroxylation is 1. The molecule has 0 aliphatic carbocycles. The number of amides is 1. The summed E-state index contributed by atoms with van der Waals surface area (Å²) in [7, 11) is 0. The molecule has 3 aromatic heterocycles. The minimum atomic E-state index is -0.261. The van der Waals surface area contributed by atoms with Crippen molar-refractivity contribution in [3.05, 3.63) is 36.3 Å². The summed E-state index contributed by atoms with van der Waals surface area (Å²) in [5.74, 6) is 0.571. The first-order valence-electron chi connectivity index (χ1n) is 11.0. The average Bonchev–Trinajstić information content (AvgIpc) is 3.51. The van der Waals surface area contributed by atoms with Gasteiger partial charge in [0.2, 0.25) is 11.8 Å². The summed E-state index contributed by atoms with van der Waals surface area (Å²) in [4.78, 5) is 26.7. The van der Waals surface area contributed by atoms with Crippen molar-refractivity contribution in [2.45, 2.75) is 46.8 Å². The molecule has 1 amide bonds. The van der Waals surface area contributed by atoms with Crippen LogP contribution in [0.15, 0.2) is 36.3 Å². The molecule has 0 unspecified atom stereocenters. The monoisotopic (exact) mass is 448 g/mol. The Morgan fingerprint density at radius 1 is 1.42 bits per heavy atom. The Hall–Kier alpha value is -3.87. The van der Waals surface area contributed by atoms with Gasteiger partial charge in [0.25, 0.3) is 5.91 Å². The maximum absolute atomic E-state index is 12.8. The molecule has 10 heteroatoms. The number of nitrogens with one attached hydrogen (secondary N) is 2. The predicted molar refractivity (Wildman–Crippen MR) is 124 cm³/mol. The van der Waals surface area contributed by atoms with Crippen molar-refractivity contribution in [3.8, 4) is 11.9 Å². The molecule has 1 aliphatic rings. The highest BCUT2D eigenvalue weighted by molar-refractivity contribution is 5.97. The number of likely N-dealkylation sites (tertiary alicyclic amines) is 1. The largest absolute Gasteiger partial charge is 0.472 e. The van der Waals surface area contributed by atoms with Crippen LogP contribution in [0.3, 0.4) is 0 Å². The highest BCUT2D eigenvalue weighted by atomic mass is 16.5. The van der Waals surface area contributed by atoms with Crippen LogP contribution in [-0.2, 0) is 11.3 Å². The third kappa shape index (κ3) is 5.14. The van der Waals surface area contributed by atoms with Gasteiger partial charge in [0.1, 0.15) is 23.4 Å². The number of fused-ring (bicyclic) bond motifs is 1. The van der Waals surface area contributed by atoms with E-state index in [2.05, 4.69) is 25.4 Å². The van der Waals surface area contributed by atoms with Crippen LogP contribution in [0, 0.1) is 16.7 Å². The van der Waals surface area contributed by atoms with Crippen LogP contribution in [0.5, 0.6) is 5.88 Å². The number of anilines is 2. The zero-order valence-electron chi connectivity index (χ0n) is 19.3. The summed E-state index contributed by atoms with van der Waals surface area (Å²) in [5, 5.41) is 17.6. The van der Waals surface area contributed by atoms with Crippen molar-refractivity contribution in [2.24, 2.45) is 5.41 Å². The van der Waals surface area contributed by atoms with Gasteiger partial charge < -0.3 is 19.9 Å². The molecular weight excluding hydrogens is 420 g/mol. The molecule has 0 bridgehead atoms. The van der Waals surface area contributed by atoms with Gasteiger partial charge in [-0.1, -0.05) is 26.8 Å². The van der Waals surface area contributed by atoms with Gasteiger partial charge in [-0.05, 0) is 18.4 Å². The first-order chi connectivity index (χ1) is 15.8. The Labute approximate surface area is 192 Å². The van der Waals surface area contributed by atoms with Gasteiger partial charge in [-0.3, -0.25) is 9.48 Å². The molecule has 1 aliphatic heterocycles. The lowest BCUT2D eigenvalue weighted by Crippen LogP contribution is -2.32. The number of H-pyrrole nitrogens is 1. The number of nitrogens with zero attached hydrogens (tertiary/aromatic N) is 6. The molecular formula is C23H28N8O2. The van der Waals surface area contributed by atoms with Gasteiger partial charge in [-0.25, -0.2) is 0 Å². The normalized spacial score (nSPS) is 16.8. The van der Waals surface area contributed by atoms with Gasteiger partial charge in [0.05, 0.1) is 23.8 Å². The van der Waals surface area contributed by atoms with Crippen molar-refractivity contribution in [2.75, 3.05) is 18.4 Å². The lowest BCUT2D eigenvalue weighted by molar-refractivity contribution is -0.126. The van der Waals surface area contributed by atoms with Crippen LogP contribution < -0.4 is 10.1 Å². The smallest absolute Gasteiger partial charge is 0.264 e. The fraction of sp³-hybridized carbons (Fsp3) is 0.435. The standard InChI is InChI=1S/C23H28N8O2/c1-5-31-13-16(12-26-31)27-22-28-19-18(6-8-25-19)20(29-22)33-17-7-9-30(14-17)21(32)15(11-24)10-23(2,3)4/h6,8,10,12-13,17H,5,7,9,14H2,1-4H3,(H2,25,27,28,29)/b15-10+/t17-/m1/s1. The number of allylic oxidation sites excluding steroid dienone is 1.